The second-order valence-electron chi connectivity index (χ2n) is 10.1. The monoisotopic (exact) mass is 498 g/mol. The molecule has 37 heavy (non-hydrogen) atoms. The molecule has 0 unspecified atom stereocenters. The molecule has 5 heteroatoms. The van der Waals surface area contributed by atoms with Gasteiger partial charge in [-0.2, -0.15) is 0 Å². The van der Waals surface area contributed by atoms with Gasteiger partial charge in [0.2, 0.25) is 5.91 Å². The van der Waals surface area contributed by atoms with E-state index in [1.807, 2.05) is 92.7 Å². The van der Waals surface area contributed by atoms with Gasteiger partial charge in [0.15, 0.2) is 6.61 Å². The van der Waals surface area contributed by atoms with E-state index < -0.39 is 6.04 Å². The van der Waals surface area contributed by atoms with Gasteiger partial charge in [-0.1, -0.05) is 97.6 Å². The van der Waals surface area contributed by atoms with E-state index in [1.165, 1.54) is 6.42 Å². The molecule has 2 amide bonds. The zero-order valence-electron chi connectivity index (χ0n) is 22.0. The predicted molar refractivity (Wildman–Crippen MR) is 147 cm³/mol. The summed E-state index contributed by atoms with van der Waals surface area (Å²) < 4.78 is 5.94. The molecule has 1 N–H and O–H groups in total. The van der Waals surface area contributed by atoms with Crippen LogP contribution in [0.25, 0.3) is 0 Å². The highest BCUT2D eigenvalue weighted by molar-refractivity contribution is 5.88. The lowest BCUT2D eigenvalue weighted by molar-refractivity contribution is -0.143. The Bertz CT molecular complexity index is 1150. The number of carbonyl (C=O) groups is 2. The first-order valence-electron chi connectivity index (χ1n) is 13.4. The Hall–Kier alpha value is -3.60. The van der Waals surface area contributed by atoms with Crippen LogP contribution in [0, 0.1) is 13.8 Å². The molecule has 0 bridgehead atoms. The molecule has 0 heterocycles. The van der Waals surface area contributed by atoms with Gasteiger partial charge in [0, 0.05) is 19.0 Å². The number of para-hydroxylation sites is 1. The summed E-state index contributed by atoms with van der Waals surface area (Å²) in [6.07, 6.45) is 5.91. The molecule has 194 valence electrons. The van der Waals surface area contributed by atoms with Gasteiger partial charge < -0.3 is 15.0 Å². The lowest BCUT2D eigenvalue weighted by atomic mass is 9.94. The average Bonchev–Trinajstić information content (AvgIpc) is 2.92. The molecule has 0 aliphatic heterocycles. The lowest BCUT2D eigenvalue weighted by Gasteiger charge is -2.33. The number of hydrogen-bond donors (Lipinski definition) is 1. The second kappa shape index (κ2) is 13.1. The van der Waals surface area contributed by atoms with Crippen LogP contribution < -0.4 is 10.1 Å². The molecular weight excluding hydrogens is 460 g/mol. The topological polar surface area (TPSA) is 58.6 Å². The number of amides is 2. The number of carbonyl (C=O) groups excluding carboxylic acids is 2. The Kier molecular flexibility index (Phi) is 9.36. The molecule has 5 nitrogen and oxygen atoms in total. The van der Waals surface area contributed by atoms with Crippen LogP contribution in [-0.2, 0) is 22.6 Å². The van der Waals surface area contributed by atoms with Gasteiger partial charge in [0.1, 0.15) is 11.8 Å². The smallest absolute Gasteiger partial charge is 0.261 e. The molecule has 3 aromatic carbocycles. The molecule has 1 fully saturated rings. The summed E-state index contributed by atoms with van der Waals surface area (Å²) in [5, 5.41) is 3.28. The minimum atomic E-state index is -0.640. The van der Waals surface area contributed by atoms with Crippen LogP contribution in [0.4, 0.5) is 0 Å². The van der Waals surface area contributed by atoms with Crippen LogP contribution in [0.1, 0.15) is 54.4 Å². The standard InChI is InChI=1S/C32H38N2O3/c1-24-17-19-27(20-18-24)22-34(31(35)23-37-30-16-10-9-11-25(30)2)29(21-26-12-5-3-6-13-26)32(36)33-28-14-7-4-8-15-28/h3,5-6,9-13,16-20,28-29H,4,7-8,14-15,21-23H2,1-2H3,(H,33,36)/t29-/m1/s1. The third-order valence-electron chi connectivity index (χ3n) is 7.14. The number of ether oxygens (including phenoxy) is 1. The summed E-state index contributed by atoms with van der Waals surface area (Å²) in [7, 11) is 0. The number of nitrogens with zero attached hydrogens (tertiary/aromatic N) is 1. The minimum Gasteiger partial charge on any atom is -0.484 e. The number of nitrogens with one attached hydrogen (secondary N) is 1. The molecular formula is C32H38N2O3. The highest BCUT2D eigenvalue weighted by Crippen LogP contribution is 2.21. The van der Waals surface area contributed by atoms with Crippen LogP contribution in [-0.4, -0.2) is 35.4 Å². The average molecular weight is 499 g/mol. The van der Waals surface area contributed by atoms with Gasteiger partial charge in [-0.15, -0.1) is 0 Å². The number of aryl methyl sites for hydroxylation is 2. The fraction of sp³-hybridized carbons (Fsp3) is 0.375. The number of benzene rings is 3. The molecule has 4 rings (SSSR count). The number of rotatable bonds is 10. The predicted octanol–water partition coefficient (Wildman–Crippen LogP) is 5.77. The molecule has 0 radical (unpaired) electrons. The van der Waals surface area contributed by atoms with E-state index in [0.29, 0.717) is 18.7 Å². The Morgan fingerprint density at radius 3 is 2.24 bits per heavy atom. The zero-order chi connectivity index (χ0) is 26.0. The van der Waals surface area contributed by atoms with Gasteiger partial charge in [-0.3, -0.25) is 9.59 Å². The molecule has 1 saturated carbocycles. The van der Waals surface area contributed by atoms with Gasteiger partial charge in [-0.25, -0.2) is 0 Å². The summed E-state index contributed by atoms with van der Waals surface area (Å²) in [5.41, 5.74) is 4.13. The fourth-order valence-electron chi connectivity index (χ4n) is 4.93. The van der Waals surface area contributed by atoms with Crippen molar-refractivity contribution in [3.05, 3.63) is 101 Å². The van der Waals surface area contributed by atoms with E-state index in [0.717, 1.165) is 47.9 Å². The van der Waals surface area contributed by atoms with Crippen molar-refractivity contribution in [2.45, 2.75) is 71.0 Å². The summed E-state index contributed by atoms with van der Waals surface area (Å²) >= 11 is 0. The summed E-state index contributed by atoms with van der Waals surface area (Å²) in [4.78, 5) is 29.2. The molecule has 0 saturated heterocycles. The van der Waals surface area contributed by atoms with Crippen molar-refractivity contribution < 1.29 is 14.3 Å². The van der Waals surface area contributed by atoms with Crippen LogP contribution in [0.15, 0.2) is 78.9 Å². The summed E-state index contributed by atoms with van der Waals surface area (Å²) in [5.74, 6) is 0.382. The van der Waals surface area contributed by atoms with E-state index in [4.69, 9.17) is 4.74 Å². The van der Waals surface area contributed by atoms with Crippen molar-refractivity contribution in [1.82, 2.24) is 10.2 Å². The van der Waals surface area contributed by atoms with Crippen LogP contribution >= 0.6 is 0 Å². The molecule has 0 spiro atoms. The Balaban J connectivity index is 1.61. The van der Waals surface area contributed by atoms with Crippen LogP contribution in [0.2, 0.25) is 0 Å². The van der Waals surface area contributed by atoms with Crippen molar-refractivity contribution in [3.63, 3.8) is 0 Å². The van der Waals surface area contributed by atoms with Gasteiger partial charge in [0.05, 0.1) is 0 Å². The minimum absolute atomic E-state index is 0.0906. The van der Waals surface area contributed by atoms with E-state index in [-0.39, 0.29) is 24.5 Å². The normalized spacial score (nSPS) is 14.5. The maximum atomic E-state index is 13.8. The van der Waals surface area contributed by atoms with Gasteiger partial charge in [-0.05, 0) is 49.4 Å². The molecule has 1 atom stereocenters. The van der Waals surface area contributed by atoms with E-state index in [2.05, 4.69) is 5.32 Å². The van der Waals surface area contributed by atoms with Crippen LogP contribution in [0.3, 0.4) is 0 Å². The SMILES string of the molecule is Cc1ccc(CN(C(=O)COc2ccccc2C)[C@H](Cc2ccccc2)C(=O)NC2CCCCC2)cc1. The van der Waals surface area contributed by atoms with Crippen molar-refractivity contribution >= 4 is 11.8 Å². The first-order chi connectivity index (χ1) is 18.0. The van der Waals surface area contributed by atoms with Crippen molar-refractivity contribution in [2.24, 2.45) is 0 Å². The van der Waals surface area contributed by atoms with Crippen molar-refractivity contribution in [2.75, 3.05) is 6.61 Å². The largest absolute Gasteiger partial charge is 0.484 e. The maximum Gasteiger partial charge on any atom is 0.261 e. The molecule has 1 aliphatic rings. The Morgan fingerprint density at radius 1 is 0.865 bits per heavy atom. The zero-order valence-corrected chi connectivity index (χ0v) is 22.0. The van der Waals surface area contributed by atoms with Crippen molar-refractivity contribution in [3.8, 4) is 5.75 Å². The lowest BCUT2D eigenvalue weighted by Crippen LogP contribution is -2.53. The quantitative estimate of drug-likeness (QED) is 0.386. The van der Waals surface area contributed by atoms with Crippen LogP contribution in [0.5, 0.6) is 5.75 Å². The third-order valence-corrected chi connectivity index (χ3v) is 7.14. The molecule has 0 aromatic heterocycles. The summed E-state index contributed by atoms with van der Waals surface area (Å²) in [6.45, 7) is 4.21. The Morgan fingerprint density at radius 2 is 1.54 bits per heavy atom. The van der Waals surface area contributed by atoms with Crippen molar-refractivity contribution in [1.29, 1.82) is 0 Å². The van der Waals surface area contributed by atoms with Gasteiger partial charge >= 0.3 is 0 Å². The first-order valence-corrected chi connectivity index (χ1v) is 13.4. The maximum absolute atomic E-state index is 13.8. The van der Waals surface area contributed by atoms with E-state index in [1.54, 1.807) is 4.90 Å². The molecule has 3 aromatic rings. The highest BCUT2D eigenvalue weighted by Gasteiger charge is 2.32. The van der Waals surface area contributed by atoms with Gasteiger partial charge in [0.25, 0.3) is 5.91 Å². The first kappa shape index (κ1) is 26.5. The second-order valence-corrected chi connectivity index (χ2v) is 10.1. The Labute approximate surface area is 220 Å². The van der Waals surface area contributed by atoms with E-state index >= 15 is 0 Å². The van der Waals surface area contributed by atoms with E-state index in [9.17, 15) is 9.59 Å². The third kappa shape index (κ3) is 7.69. The molecule has 1 aliphatic carbocycles. The highest BCUT2D eigenvalue weighted by atomic mass is 16.5. The number of hydrogen-bond acceptors (Lipinski definition) is 3. The summed E-state index contributed by atoms with van der Waals surface area (Å²) in [6, 6.07) is 25.2. The fourth-order valence-corrected chi connectivity index (χ4v) is 4.93.